The van der Waals surface area contributed by atoms with Gasteiger partial charge in [-0.15, -0.1) is 0 Å². The summed E-state index contributed by atoms with van der Waals surface area (Å²) in [6.45, 7) is 5.01. The second-order valence-electron chi connectivity index (χ2n) is 14.7. The van der Waals surface area contributed by atoms with Gasteiger partial charge in [-0.25, -0.2) is 4.79 Å². The Labute approximate surface area is 339 Å². The molecular weight excluding hydrogens is 772 g/mol. The molecule has 2 aromatic carbocycles. The molecule has 2 saturated carbocycles. The number of Topliss-reactive ketones (excluding diaryl/α,β-unsaturated/α-hetero) is 1. The molecule has 0 radical (unpaired) electrons. The molecule has 2 atom stereocenters. The van der Waals surface area contributed by atoms with Crippen LogP contribution in [0.2, 0.25) is 0 Å². The molecule has 4 N–H and O–H groups in total. The normalized spacial score (nSPS) is 17.2. The lowest BCUT2D eigenvalue weighted by Gasteiger charge is -2.22. The SMILES string of the molecule is C1CCOC1.CCOC(=O)C(F)(F)F.NCC[C@@H](O)c1cccc(OCC2CCCCC2)c1.O=C(CCC[C@@H](O)c1cccc(OCC2CCCCC2)c1)C(F)(F)F. The number of rotatable bonds is 15. The summed E-state index contributed by atoms with van der Waals surface area (Å²) in [7, 11) is 0. The number of halogens is 6. The highest BCUT2D eigenvalue weighted by Gasteiger charge is 2.40. The summed E-state index contributed by atoms with van der Waals surface area (Å²) in [5.41, 5.74) is 6.96. The molecule has 1 saturated heterocycles. The van der Waals surface area contributed by atoms with Crippen molar-refractivity contribution < 1.29 is 65.1 Å². The van der Waals surface area contributed by atoms with E-state index in [2.05, 4.69) is 4.74 Å². The van der Waals surface area contributed by atoms with Crippen molar-refractivity contribution in [1.29, 1.82) is 0 Å². The van der Waals surface area contributed by atoms with E-state index in [0.717, 1.165) is 31.1 Å². The molecule has 1 heterocycles. The molecule has 3 aliphatic rings. The van der Waals surface area contributed by atoms with Crippen LogP contribution in [0.3, 0.4) is 0 Å². The molecule has 1 aliphatic heterocycles. The molecule has 0 spiro atoms. The molecule has 0 bridgehead atoms. The first-order valence-corrected chi connectivity index (χ1v) is 20.6. The molecule has 2 aromatic rings. The fraction of sp³-hybridized carbons (Fsp3) is 0.674. The van der Waals surface area contributed by atoms with Gasteiger partial charge in [0.25, 0.3) is 0 Å². The maximum Gasteiger partial charge on any atom is 0.490 e. The number of benzene rings is 2. The lowest BCUT2D eigenvalue weighted by Crippen LogP contribution is -2.25. The van der Waals surface area contributed by atoms with Crippen LogP contribution in [0.15, 0.2) is 48.5 Å². The number of carbonyl (C=O) groups excluding carboxylic acids is 2. The van der Waals surface area contributed by atoms with Gasteiger partial charge in [-0.1, -0.05) is 62.8 Å². The topological polar surface area (TPSA) is 138 Å². The quantitative estimate of drug-likeness (QED) is 0.118. The second kappa shape index (κ2) is 28.1. The number of hydrogen-bond donors (Lipinski definition) is 3. The number of nitrogens with two attached hydrogens (primary N) is 1. The summed E-state index contributed by atoms with van der Waals surface area (Å²) in [4.78, 5) is 20.6. The van der Waals surface area contributed by atoms with Crippen molar-refractivity contribution in [1.82, 2.24) is 0 Å². The van der Waals surface area contributed by atoms with Crippen molar-refractivity contribution >= 4 is 11.8 Å². The van der Waals surface area contributed by atoms with Crippen molar-refractivity contribution in [2.45, 2.75) is 134 Å². The highest BCUT2D eigenvalue weighted by molar-refractivity contribution is 5.83. The van der Waals surface area contributed by atoms with Crippen LogP contribution >= 0.6 is 0 Å². The first kappa shape index (κ1) is 50.7. The summed E-state index contributed by atoms with van der Waals surface area (Å²) >= 11 is 0. The Morgan fingerprint density at radius 2 is 1.19 bits per heavy atom. The fourth-order valence-corrected chi connectivity index (χ4v) is 6.57. The predicted octanol–water partition coefficient (Wildman–Crippen LogP) is 9.92. The highest BCUT2D eigenvalue weighted by atomic mass is 19.4. The standard InChI is InChI=1S/C19H25F3O3.C16H25NO2.C4H5F3O2.C4H8O/c20-19(21,22)18(24)11-5-10-17(23)15-8-4-9-16(12-15)25-13-14-6-2-1-3-7-14;17-10-9-16(18)14-7-4-8-15(11-14)19-12-13-5-2-1-3-6-13;1-2-9-3(8)4(5,6)7;1-2-4-5-3-1/h4,8-9,12,14,17,23H,1-3,5-7,10-11,13H2;4,7-8,11,13,16,18H,1-3,5-6,9-10,12,17H2;2H2,1H3;1-4H2/t17-;16-;;/m11../s1. The molecular formula is C43H63F6NO8. The first-order chi connectivity index (χ1) is 27.6. The van der Waals surface area contributed by atoms with Crippen LogP contribution in [0.25, 0.3) is 0 Å². The van der Waals surface area contributed by atoms with Crippen molar-refractivity contribution in [2.75, 3.05) is 39.6 Å². The number of alkyl halides is 6. The Kier molecular flexibility index (Phi) is 24.6. The van der Waals surface area contributed by atoms with Crippen molar-refractivity contribution in [2.24, 2.45) is 17.6 Å². The zero-order valence-corrected chi connectivity index (χ0v) is 33.7. The molecule has 15 heteroatoms. The minimum absolute atomic E-state index is 0.00727. The van der Waals surface area contributed by atoms with Crippen LogP contribution < -0.4 is 15.2 Å². The Morgan fingerprint density at radius 1 is 0.724 bits per heavy atom. The summed E-state index contributed by atoms with van der Waals surface area (Å²) < 4.78 is 90.2. The van der Waals surface area contributed by atoms with Crippen molar-refractivity contribution in [3.63, 3.8) is 0 Å². The summed E-state index contributed by atoms with van der Waals surface area (Å²) in [6.07, 6.45) is 4.35. The van der Waals surface area contributed by atoms with Gasteiger partial charge >= 0.3 is 18.3 Å². The van der Waals surface area contributed by atoms with Crippen molar-refractivity contribution in [3.05, 3.63) is 59.7 Å². The lowest BCUT2D eigenvalue weighted by atomic mass is 9.90. The summed E-state index contributed by atoms with van der Waals surface area (Å²) in [5, 5.41) is 20.1. The molecule has 330 valence electrons. The van der Waals surface area contributed by atoms with E-state index in [4.69, 9.17) is 19.9 Å². The number of ether oxygens (including phenoxy) is 4. The molecule has 3 fully saturated rings. The molecule has 0 amide bonds. The highest BCUT2D eigenvalue weighted by Crippen LogP contribution is 2.29. The van der Waals surface area contributed by atoms with E-state index in [-0.39, 0.29) is 19.4 Å². The third kappa shape index (κ3) is 22.1. The van der Waals surface area contributed by atoms with Crippen LogP contribution in [0.1, 0.15) is 133 Å². The Hall–Kier alpha value is -3.40. The third-order valence-electron chi connectivity index (χ3n) is 9.88. The first-order valence-electron chi connectivity index (χ1n) is 20.6. The van der Waals surface area contributed by atoms with Gasteiger partial charge in [0.05, 0.1) is 32.0 Å². The number of aliphatic hydroxyl groups is 2. The minimum atomic E-state index is -4.85. The average Bonchev–Trinajstić information content (AvgIpc) is 3.81. The Balaban J connectivity index is 0.000000306. The number of ketones is 1. The maximum absolute atomic E-state index is 12.2. The van der Waals surface area contributed by atoms with Gasteiger partial charge in [-0.3, -0.25) is 4.79 Å². The molecule has 0 aromatic heterocycles. The van der Waals surface area contributed by atoms with E-state index >= 15 is 0 Å². The smallest absolute Gasteiger partial charge is 0.490 e. The van der Waals surface area contributed by atoms with Gasteiger partial charge in [0, 0.05) is 19.6 Å². The molecule has 58 heavy (non-hydrogen) atoms. The maximum atomic E-state index is 12.2. The van der Waals surface area contributed by atoms with Gasteiger partial charge in [0.15, 0.2) is 0 Å². The third-order valence-corrected chi connectivity index (χ3v) is 9.88. The largest absolute Gasteiger partial charge is 0.493 e. The monoisotopic (exact) mass is 835 g/mol. The van der Waals surface area contributed by atoms with Crippen LogP contribution in [-0.4, -0.2) is 73.9 Å². The van der Waals surface area contributed by atoms with Gasteiger partial charge in [-0.05, 0) is 118 Å². The minimum Gasteiger partial charge on any atom is -0.493 e. The fourth-order valence-electron chi connectivity index (χ4n) is 6.57. The number of hydrogen-bond acceptors (Lipinski definition) is 9. The zero-order valence-electron chi connectivity index (χ0n) is 33.7. The average molecular weight is 836 g/mol. The second-order valence-corrected chi connectivity index (χ2v) is 14.7. The number of esters is 1. The zero-order chi connectivity index (χ0) is 42.8. The van der Waals surface area contributed by atoms with Crippen LogP contribution in [-0.2, 0) is 19.1 Å². The van der Waals surface area contributed by atoms with E-state index < -0.39 is 42.7 Å². The molecule has 5 rings (SSSR count). The van der Waals surface area contributed by atoms with Crippen LogP contribution in [0, 0.1) is 11.8 Å². The van der Waals surface area contributed by atoms with E-state index in [1.54, 1.807) is 18.2 Å². The summed E-state index contributed by atoms with van der Waals surface area (Å²) in [6, 6.07) is 14.8. The molecule has 2 aliphatic carbocycles. The Bertz CT molecular complexity index is 1400. The number of carbonyl (C=O) groups is 2. The van der Waals surface area contributed by atoms with Gasteiger partial charge in [-0.2, -0.15) is 26.3 Å². The summed E-state index contributed by atoms with van der Waals surface area (Å²) in [5.74, 6) is -1.09. The predicted molar refractivity (Wildman–Crippen MR) is 208 cm³/mol. The molecule has 0 unspecified atom stereocenters. The van der Waals surface area contributed by atoms with E-state index in [9.17, 15) is 46.1 Å². The van der Waals surface area contributed by atoms with Crippen molar-refractivity contribution in [3.8, 4) is 11.5 Å². The van der Waals surface area contributed by atoms with Gasteiger partial charge in [0.1, 0.15) is 11.5 Å². The van der Waals surface area contributed by atoms with E-state index in [1.807, 2.05) is 30.3 Å². The van der Waals surface area contributed by atoms with E-state index in [0.29, 0.717) is 42.7 Å². The van der Waals surface area contributed by atoms with Gasteiger partial charge in [0.2, 0.25) is 5.78 Å². The van der Waals surface area contributed by atoms with Gasteiger partial charge < -0.3 is 34.9 Å². The van der Waals surface area contributed by atoms with Crippen LogP contribution in [0.5, 0.6) is 11.5 Å². The number of aliphatic hydroxyl groups excluding tert-OH is 2. The molecule has 9 nitrogen and oxygen atoms in total. The van der Waals surface area contributed by atoms with E-state index in [1.165, 1.54) is 84.0 Å². The van der Waals surface area contributed by atoms with Crippen LogP contribution in [0.4, 0.5) is 26.3 Å². The Morgan fingerprint density at radius 3 is 1.55 bits per heavy atom. The lowest BCUT2D eigenvalue weighted by molar-refractivity contribution is -0.199.